The van der Waals surface area contributed by atoms with Gasteiger partial charge in [0, 0.05) is 12.1 Å². The molecule has 0 saturated heterocycles. The molecule has 31 heavy (non-hydrogen) atoms. The lowest BCUT2D eigenvalue weighted by molar-refractivity contribution is -0.384. The van der Waals surface area contributed by atoms with Gasteiger partial charge < -0.3 is 15.5 Å². The largest absolute Gasteiger partial charge is 0.420 e. The van der Waals surface area contributed by atoms with Gasteiger partial charge in [-0.15, -0.1) is 0 Å². The predicted octanol–water partition coefficient (Wildman–Crippen LogP) is 4.41. The second-order valence-electron chi connectivity index (χ2n) is 7.11. The normalized spacial score (nSPS) is 14.4. The first-order chi connectivity index (χ1) is 14.9. The standard InChI is InChI=1S/C21H16N6O3S/c1-11-15-16(12-6-5-9-14(10-12)27(28)29)17-18(22)23-21(31)24-19(17)30-20(15)26(25-11)13-7-3-2-4-8-13/h2-10,16H,1H3,(H3,22,23,24,31). The van der Waals surface area contributed by atoms with Crippen molar-refractivity contribution in [1.82, 2.24) is 19.7 Å². The third kappa shape index (κ3) is 3.04. The number of aromatic amines is 1. The van der Waals surface area contributed by atoms with Gasteiger partial charge in [0.1, 0.15) is 5.82 Å². The number of nitro benzene ring substituents is 1. The number of nitrogens with one attached hydrogen (secondary N) is 1. The zero-order chi connectivity index (χ0) is 21.7. The molecule has 0 amide bonds. The fourth-order valence-electron chi connectivity index (χ4n) is 3.91. The second-order valence-corrected chi connectivity index (χ2v) is 7.50. The summed E-state index contributed by atoms with van der Waals surface area (Å²) in [6, 6.07) is 16.0. The summed E-state index contributed by atoms with van der Waals surface area (Å²) >= 11 is 5.19. The number of nitrogens with two attached hydrogens (primary N) is 1. The molecule has 9 nitrogen and oxygen atoms in total. The summed E-state index contributed by atoms with van der Waals surface area (Å²) in [5, 5.41) is 16.1. The van der Waals surface area contributed by atoms with E-state index in [1.54, 1.807) is 10.7 Å². The molecule has 0 fully saturated rings. The third-order valence-electron chi connectivity index (χ3n) is 5.21. The number of hydrogen-bond donors (Lipinski definition) is 2. The van der Waals surface area contributed by atoms with Gasteiger partial charge in [-0.05, 0) is 36.8 Å². The number of aromatic nitrogens is 4. The number of anilines is 1. The number of para-hydroxylation sites is 1. The SMILES string of the molecule is Cc1nn(-c2ccccc2)c2c1C(c1cccc([N+](=O)[O-])c1)c1c(nc(=S)[nH]c1N)O2. The number of aryl methyl sites for hydroxylation is 1. The van der Waals surface area contributed by atoms with E-state index in [4.69, 9.17) is 22.7 Å². The Hall–Kier alpha value is -4.05. The molecule has 154 valence electrons. The minimum absolute atomic E-state index is 0.0180. The summed E-state index contributed by atoms with van der Waals surface area (Å²) in [5.74, 6) is 0.544. The quantitative estimate of drug-likeness (QED) is 0.246. The van der Waals surface area contributed by atoms with Crippen LogP contribution in [0.25, 0.3) is 5.69 Å². The van der Waals surface area contributed by atoms with E-state index in [-0.39, 0.29) is 16.3 Å². The molecular weight excluding hydrogens is 416 g/mol. The van der Waals surface area contributed by atoms with Crippen molar-refractivity contribution in [3.8, 4) is 17.4 Å². The van der Waals surface area contributed by atoms with E-state index < -0.39 is 10.8 Å². The van der Waals surface area contributed by atoms with Crippen molar-refractivity contribution in [3.05, 3.63) is 91.9 Å². The van der Waals surface area contributed by atoms with E-state index in [2.05, 4.69) is 15.1 Å². The molecule has 3 heterocycles. The van der Waals surface area contributed by atoms with Crippen LogP contribution in [-0.4, -0.2) is 24.7 Å². The number of hydrogen-bond acceptors (Lipinski definition) is 7. The number of nitrogen functional groups attached to an aromatic ring is 1. The minimum Gasteiger partial charge on any atom is -0.420 e. The van der Waals surface area contributed by atoms with Gasteiger partial charge in [0.05, 0.1) is 33.3 Å². The Balaban J connectivity index is 1.81. The number of H-pyrrole nitrogens is 1. The molecule has 0 saturated carbocycles. The molecule has 4 aromatic rings. The smallest absolute Gasteiger partial charge is 0.269 e. The maximum atomic E-state index is 11.4. The van der Waals surface area contributed by atoms with E-state index in [1.807, 2.05) is 43.3 Å². The van der Waals surface area contributed by atoms with E-state index >= 15 is 0 Å². The fourth-order valence-corrected chi connectivity index (χ4v) is 4.11. The Morgan fingerprint density at radius 1 is 1.19 bits per heavy atom. The van der Waals surface area contributed by atoms with Crippen LogP contribution in [0.15, 0.2) is 54.6 Å². The molecule has 5 rings (SSSR count). The Labute approximate surface area is 181 Å². The van der Waals surface area contributed by atoms with E-state index in [0.717, 1.165) is 11.3 Å². The monoisotopic (exact) mass is 432 g/mol. The van der Waals surface area contributed by atoms with Gasteiger partial charge in [0.25, 0.3) is 5.69 Å². The molecule has 1 atom stereocenters. The van der Waals surface area contributed by atoms with Crippen LogP contribution in [0, 0.1) is 21.8 Å². The van der Waals surface area contributed by atoms with E-state index in [1.165, 1.54) is 12.1 Å². The first-order valence-corrected chi connectivity index (χ1v) is 9.81. The van der Waals surface area contributed by atoms with Crippen molar-refractivity contribution in [2.24, 2.45) is 0 Å². The predicted molar refractivity (Wildman–Crippen MR) is 116 cm³/mol. The highest BCUT2D eigenvalue weighted by Crippen LogP contribution is 2.50. The molecular formula is C21H16N6O3S. The molecule has 2 aromatic carbocycles. The zero-order valence-electron chi connectivity index (χ0n) is 16.3. The minimum atomic E-state index is -0.476. The molecule has 1 aliphatic heterocycles. The number of fused-ring (bicyclic) bond motifs is 2. The van der Waals surface area contributed by atoms with Gasteiger partial charge in [-0.1, -0.05) is 30.3 Å². The average Bonchev–Trinajstić information content (AvgIpc) is 3.09. The molecule has 0 spiro atoms. The molecule has 2 aromatic heterocycles. The Morgan fingerprint density at radius 3 is 2.71 bits per heavy atom. The third-order valence-corrected chi connectivity index (χ3v) is 5.41. The lowest BCUT2D eigenvalue weighted by atomic mass is 9.84. The highest BCUT2D eigenvalue weighted by Gasteiger charge is 2.37. The van der Waals surface area contributed by atoms with Gasteiger partial charge >= 0.3 is 0 Å². The van der Waals surface area contributed by atoms with Crippen LogP contribution in [0.1, 0.15) is 28.3 Å². The molecule has 10 heteroatoms. The van der Waals surface area contributed by atoms with Crippen molar-refractivity contribution in [2.45, 2.75) is 12.8 Å². The lowest BCUT2D eigenvalue weighted by Gasteiger charge is -2.27. The van der Waals surface area contributed by atoms with Crippen LogP contribution in [0.5, 0.6) is 11.8 Å². The van der Waals surface area contributed by atoms with Crippen molar-refractivity contribution < 1.29 is 9.66 Å². The van der Waals surface area contributed by atoms with Crippen molar-refractivity contribution in [2.75, 3.05) is 5.73 Å². The zero-order valence-corrected chi connectivity index (χ0v) is 17.1. The van der Waals surface area contributed by atoms with Crippen LogP contribution < -0.4 is 10.5 Å². The maximum absolute atomic E-state index is 11.4. The maximum Gasteiger partial charge on any atom is 0.269 e. The Morgan fingerprint density at radius 2 is 1.97 bits per heavy atom. The van der Waals surface area contributed by atoms with Crippen LogP contribution in [-0.2, 0) is 0 Å². The summed E-state index contributed by atoms with van der Waals surface area (Å²) < 4.78 is 8.03. The summed E-state index contributed by atoms with van der Waals surface area (Å²) in [6.07, 6.45) is 0. The summed E-state index contributed by atoms with van der Waals surface area (Å²) in [4.78, 5) is 18.2. The fraction of sp³-hybridized carbons (Fsp3) is 0.0952. The first-order valence-electron chi connectivity index (χ1n) is 9.41. The number of rotatable bonds is 3. The number of benzene rings is 2. The van der Waals surface area contributed by atoms with Crippen LogP contribution in [0.3, 0.4) is 0 Å². The van der Waals surface area contributed by atoms with Gasteiger partial charge in [-0.3, -0.25) is 10.1 Å². The van der Waals surface area contributed by atoms with Crippen LogP contribution in [0.4, 0.5) is 11.5 Å². The summed E-state index contributed by atoms with van der Waals surface area (Å²) in [5.41, 5.74) is 9.79. The van der Waals surface area contributed by atoms with Gasteiger partial charge in [0.15, 0.2) is 0 Å². The van der Waals surface area contributed by atoms with Crippen molar-refractivity contribution in [1.29, 1.82) is 0 Å². The highest BCUT2D eigenvalue weighted by molar-refractivity contribution is 7.71. The van der Waals surface area contributed by atoms with Crippen LogP contribution in [0.2, 0.25) is 0 Å². The molecule has 0 radical (unpaired) electrons. The van der Waals surface area contributed by atoms with Crippen LogP contribution >= 0.6 is 12.2 Å². The lowest BCUT2D eigenvalue weighted by Crippen LogP contribution is -2.17. The average molecular weight is 432 g/mol. The molecule has 1 unspecified atom stereocenters. The Kier molecular flexibility index (Phi) is 4.29. The molecule has 0 aliphatic carbocycles. The van der Waals surface area contributed by atoms with Gasteiger partial charge in [-0.25, -0.2) is 4.68 Å². The number of nitrogens with zero attached hydrogens (tertiary/aromatic N) is 4. The highest BCUT2D eigenvalue weighted by atomic mass is 32.1. The first kappa shape index (κ1) is 18.9. The molecule has 1 aliphatic rings. The summed E-state index contributed by atoms with van der Waals surface area (Å²) in [6.45, 7) is 1.87. The van der Waals surface area contributed by atoms with Crippen molar-refractivity contribution in [3.63, 3.8) is 0 Å². The van der Waals surface area contributed by atoms with E-state index in [9.17, 15) is 10.1 Å². The second kappa shape index (κ2) is 7.03. The Bertz CT molecular complexity index is 1400. The van der Waals surface area contributed by atoms with Gasteiger partial charge in [-0.2, -0.15) is 10.1 Å². The molecule has 3 N–H and O–H groups in total. The number of non-ortho nitro benzene ring substituents is 1. The topological polar surface area (TPSA) is 125 Å². The number of nitro groups is 1. The number of ether oxygens (including phenoxy) is 1. The summed E-state index contributed by atoms with van der Waals surface area (Å²) in [7, 11) is 0. The van der Waals surface area contributed by atoms with Gasteiger partial charge in [0.2, 0.25) is 16.5 Å². The van der Waals surface area contributed by atoms with Crippen molar-refractivity contribution >= 4 is 23.7 Å². The molecule has 0 bridgehead atoms. The van der Waals surface area contributed by atoms with E-state index in [0.29, 0.717) is 28.5 Å².